The zero-order chi connectivity index (χ0) is 23.5. The number of aromatic nitrogens is 2. The smallest absolute Gasteiger partial charge is 0.294 e. The second-order valence-corrected chi connectivity index (χ2v) is 8.23. The number of thioether (sulfide) groups is 1. The lowest BCUT2D eigenvalue weighted by Gasteiger charge is -2.14. The fourth-order valence-electron chi connectivity index (χ4n) is 3.43. The highest BCUT2D eigenvalue weighted by molar-refractivity contribution is 8.15. The van der Waals surface area contributed by atoms with E-state index >= 15 is 0 Å². The summed E-state index contributed by atoms with van der Waals surface area (Å²) in [5, 5.41) is 1.83. The first-order valence-corrected chi connectivity index (χ1v) is 10.8. The molecule has 1 unspecified atom stereocenters. The quantitative estimate of drug-likeness (QED) is 0.526. The SMILES string of the molecule is COc1cc2nc(COc3ccc(CC4SC(=O)NC4=O)cc3)n(OC)c(=O)c2cc1OC. The van der Waals surface area contributed by atoms with Crippen molar-refractivity contribution >= 4 is 33.8 Å². The van der Waals surface area contributed by atoms with Gasteiger partial charge in [0.15, 0.2) is 17.3 Å². The van der Waals surface area contributed by atoms with E-state index in [-0.39, 0.29) is 23.6 Å². The van der Waals surface area contributed by atoms with E-state index in [0.717, 1.165) is 22.1 Å². The van der Waals surface area contributed by atoms with Crippen molar-refractivity contribution in [1.82, 2.24) is 15.0 Å². The monoisotopic (exact) mass is 471 g/mol. The van der Waals surface area contributed by atoms with Crippen LogP contribution >= 0.6 is 11.8 Å². The molecule has 33 heavy (non-hydrogen) atoms. The maximum Gasteiger partial charge on any atom is 0.294 e. The fourth-order valence-corrected chi connectivity index (χ4v) is 4.29. The molecule has 2 aromatic carbocycles. The van der Waals surface area contributed by atoms with E-state index in [1.54, 1.807) is 24.3 Å². The normalized spacial score (nSPS) is 15.4. The highest BCUT2D eigenvalue weighted by Gasteiger charge is 2.31. The Balaban J connectivity index is 1.53. The van der Waals surface area contributed by atoms with E-state index in [2.05, 4.69) is 10.3 Å². The average Bonchev–Trinajstić information content (AvgIpc) is 3.14. The van der Waals surface area contributed by atoms with Gasteiger partial charge >= 0.3 is 0 Å². The average molecular weight is 471 g/mol. The summed E-state index contributed by atoms with van der Waals surface area (Å²) in [7, 11) is 4.36. The molecule has 2 amide bonds. The Morgan fingerprint density at radius 2 is 1.73 bits per heavy atom. The third-order valence-corrected chi connectivity index (χ3v) is 6.04. The van der Waals surface area contributed by atoms with Crippen LogP contribution in [0.2, 0.25) is 0 Å². The lowest BCUT2D eigenvalue weighted by atomic mass is 10.1. The molecule has 2 heterocycles. The van der Waals surface area contributed by atoms with Crippen molar-refractivity contribution in [2.45, 2.75) is 18.3 Å². The van der Waals surface area contributed by atoms with E-state index in [1.165, 1.54) is 21.3 Å². The molecule has 0 bridgehead atoms. The minimum Gasteiger partial charge on any atom is -0.493 e. The van der Waals surface area contributed by atoms with Gasteiger partial charge in [-0.15, -0.1) is 4.73 Å². The molecule has 11 heteroatoms. The summed E-state index contributed by atoms with van der Waals surface area (Å²) in [6.07, 6.45) is 0.434. The number of rotatable bonds is 8. The number of nitrogens with zero attached hydrogens (tertiary/aromatic N) is 2. The van der Waals surface area contributed by atoms with Gasteiger partial charge in [0.1, 0.15) is 19.5 Å². The zero-order valence-corrected chi connectivity index (χ0v) is 18.9. The standard InChI is InChI=1S/C22H21N3O7S/c1-29-16-9-14-15(10-17(16)30-2)23-19(25(31-3)21(14)27)11-32-13-6-4-12(5-7-13)8-18-20(26)24-22(28)33-18/h4-7,9-10,18H,8,11H2,1-3H3,(H,24,26,28). The molecule has 10 nitrogen and oxygen atoms in total. The maximum atomic E-state index is 12.9. The Morgan fingerprint density at radius 3 is 2.33 bits per heavy atom. The molecule has 1 saturated heterocycles. The molecule has 1 aliphatic heterocycles. The number of imide groups is 1. The van der Waals surface area contributed by atoms with Crippen LogP contribution in [0.1, 0.15) is 11.4 Å². The van der Waals surface area contributed by atoms with Crippen LogP contribution in [-0.2, 0) is 17.8 Å². The maximum absolute atomic E-state index is 12.9. The van der Waals surface area contributed by atoms with Crippen LogP contribution in [0.5, 0.6) is 17.2 Å². The molecule has 0 saturated carbocycles. The van der Waals surface area contributed by atoms with Crippen LogP contribution in [0.4, 0.5) is 4.79 Å². The van der Waals surface area contributed by atoms with Gasteiger partial charge in [-0.25, -0.2) is 4.98 Å². The molecule has 4 rings (SSSR count). The first-order valence-electron chi connectivity index (χ1n) is 9.89. The summed E-state index contributed by atoms with van der Waals surface area (Å²) in [5.41, 5.74) is 0.907. The first-order chi connectivity index (χ1) is 15.9. The summed E-state index contributed by atoms with van der Waals surface area (Å²) < 4.78 is 17.4. The van der Waals surface area contributed by atoms with Gasteiger partial charge in [0.25, 0.3) is 10.8 Å². The number of fused-ring (bicyclic) bond motifs is 1. The van der Waals surface area contributed by atoms with Gasteiger partial charge < -0.3 is 19.0 Å². The number of carbonyl (C=O) groups is 2. The lowest BCUT2D eigenvalue weighted by molar-refractivity contribution is -0.118. The summed E-state index contributed by atoms with van der Waals surface area (Å²) in [6.45, 7) is -0.0257. The molecule has 0 radical (unpaired) electrons. The molecule has 0 aliphatic carbocycles. The third-order valence-electron chi connectivity index (χ3n) is 5.06. The predicted molar refractivity (Wildman–Crippen MR) is 121 cm³/mol. The highest BCUT2D eigenvalue weighted by atomic mass is 32.2. The number of methoxy groups -OCH3 is 2. The topological polar surface area (TPSA) is 118 Å². The second-order valence-electron chi connectivity index (χ2n) is 7.05. The molecule has 1 aromatic heterocycles. The molecular weight excluding hydrogens is 450 g/mol. The molecule has 1 N–H and O–H groups in total. The van der Waals surface area contributed by atoms with Gasteiger partial charge in [-0.2, -0.15) is 0 Å². The number of ether oxygens (including phenoxy) is 3. The van der Waals surface area contributed by atoms with Crippen LogP contribution < -0.4 is 29.9 Å². The Kier molecular flexibility index (Phi) is 6.40. The summed E-state index contributed by atoms with van der Waals surface area (Å²) in [5.74, 6) is 1.39. The van der Waals surface area contributed by atoms with Crippen molar-refractivity contribution in [3.05, 3.63) is 58.1 Å². The van der Waals surface area contributed by atoms with Crippen molar-refractivity contribution in [3.63, 3.8) is 0 Å². The van der Waals surface area contributed by atoms with Crippen LogP contribution in [-0.4, -0.2) is 47.4 Å². The number of benzene rings is 2. The van der Waals surface area contributed by atoms with Crippen molar-refractivity contribution in [2.75, 3.05) is 21.3 Å². The Labute approximate surface area is 192 Å². The van der Waals surface area contributed by atoms with Crippen molar-refractivity contribution in [1.29, 1.82) is 0 Å². The van der Waals surface area contributed by atoms with Crippen LogP contribution in [0.3, 0.4) is 0 Å². The van der Waals surface area contributed by atoms with E-state index in [9.17, 15) is 14.4 Å². The molecule has 1 aliphatic rings. The number of nitrogens with one attached hydrogen (secondary N) is 1. The molecule has 1 fully saturated rings. The van der Waals surface area contributed by atoms with Gasteiger partial charge in [0.2, 0.25) is 5.91 Å². The number of hydrogen-bond acceptors (Lipinski definition) is 9. The van der Waals surface area contributed by atoms with Gasteiger partial charge in [0, 0.05) is 6.07 Å². The van der Waals surface area contributed by atoms with Gasteiger partial charge in [-0.3, -0.25) is 19.7 Å². The van der Waals surface area contributed by atoms with E-state index in [1.807, 2.05) is 12.1 Å². The van der Waals surface area contributed by atoms with E-state index < -0.39 is 10.8 Å². The molecule has 3 aromatic rings. The minimum atomic E-state index is -0.433. The molecule has 1 atom stereocenters. The van der Waals surface area contributed by atoms with Crippen LogP contribution in [0.15, 0.2) is 41.2 Å². The summed E-state index contributed by atoms with van der Waals surface area (Å²) in [6, 6.07) is 10.3. The number of hydrogen-bond donors (Lipinski definition) is 1. The van der Waals surface area contributed by atoms with Crippen molar-refractivity contribution < 1.29 is 28.6 Å². The molecular formula is C22H21N3O7S. The fraction of sp³-hybridized carbons (Fsp3) is 0.273. The Morgan fingerprint density at radius 1 is 1.03 bits per heavy atom. The minimum absolute atomic E-state index is 0.0257. The first kappa shape index (κ1) is 22.5. The Hall–Kier alpha value is -3.73. The molecule has 0 spiro atoms. The summed E-state index contributed by atoms with van der Waals surface area (Å²) in [4.78, 5) is 45.7. The number of amides is 2. The largest absolute Gasteiger partial charge is 0.493 e. The van der Waals surface area contributed by atoms with Gasteiger partial charge in [-0.05, 0) is 30.2 Å². The Bertz CT molecular complexity index is 1270. The van der Waals surface area contributed by atoms with Gasteiger partial charge in [0.05, 0.1) is 30.4 Å². The lowest BCUT2D eigenvalue weighted by Crippen LogP contribution is -2.30. The zero-order valence-electron chi connectivity index (χ0n) is 18.1. The predicted octanol–water partition coefficient (Wildman–Crippen LogP) is 1.95. The van der Waals surface area contributed by atoms with E-state index in [4.69, 9.17) is 19.0 Å². The van der Waals surface area contributed by atoms with E-state index in [0.29, 0.717) is 34.6 Å². The van der Waals surface area contributed by atoms with Gasteiger partial charge in [-0.1, -0.05) is 23.9 Å². The number of carbonyl (C=O) groups excluding carboxylic acids is 2. The third kappa shape index (κ3) is 4.58. The van der Waals surface area contributed by atoms with Crippen molar-refractivity contribution in [2.24, 2.45) is 0 Å². The van der Waals surface area contributed by atoms with Crippen LogP contribution in [0.25, 0.3) is 10.9 Å². The van der Waals surface area contributed by atoms with Crippen molar-refractivity contribution in [3.8, 4) is 17.2 Å². The van der Waals surface area contributed by atoms with Crippen LogP contribution in [0, 0.1) is 0 Å². The highest BCUT2D eigenvalue weighted by Crippen LogP contribution is 2.30. The second kappa shape index (κ2) is 9.41. The molecule has 172 valence electrons. The summed E-state index contributed by atoms with van der Waals surface area (Å²) >= 11 is 0.989.